The highest BCUT2D eigenvalue weighted by molar-refractivity contribution is 7.10. The molecule has 1 N–H and O–H groups in total. The molecular formula is C15H16N2O2S. The fourth-order valence-electron chi connectivity index (χ4n) is 1.60. The van der Waals surface area contributed by atoms with Gasteiger partial charge in [-0.05, 0) is 36.8 Å². The molecule has 0 aromatic carbocycles. The number of allylic oxidation sites excluding steroid dienone is 1. The average molecular weight is 288 g/mol. The molecule has 2 heterocycles. The molecule has 0 fully saturated rings. The first kappa shape index (κ1) is 14.3. The van der Waals surface area contributed by atoms with Crippen LogP contribution in [-0.4, -0.2) is 12.1 Å². The maximum absolute atomic E-state index is 11.8. The highest BCUT2D eigenvalue weighted by Gasteiger charge is 2.06. The molecule has 0 aliphatic carbocycles. The van der Waals surface area contributed by atoms with Crippen molar-refractivity contribution < 1.29 is 9.21 Å². The van der Waals surface area contributed by atoms with Gasteiger partial charge in [0.2, 0.25) is 0 Å². The van der Waals surface area contributed by atoms with Crippen LogP contribution in [0.5, 0.6) is 0 Å². The van der Waals surface area contributed by atoms with E-state index in [2.05, 4.69) is 17.5 Å². The van der Waals surface area contributed by atoms with Gasteiger partial charge in [0.15, 0.2) is 0 Å². The topological polar surface area (TPSA) is 54.6 Å². The molecule has 5 heteroatoms. The molecule has 1 amide bonds. The molecule has 0 atom stereocenters. The molecule has 4 nitrogen and oxygen atoms in total. The number of nitrogens with one attached hydrogen (secondary N) is 1. The predicted octanol–water partition coefficient (Wildman–Crippen LogP) is 3.72. The number of nitrogens with zero attached hydrogens (tertiary/aromatic N) is 1. The standard InChI is InChI=1S/C15H16N2O2S/c1-2-5-14-10-12(11-20-14)15(18)17-16-8-3-6-13-7-4-9-19-13/h3-4,6-11H,2,5H2,1H3,(H,17,18). The molecule has 0 saturated heterocycles. The Hall–Kier alpha value is -2.14. The van der Waals surface area contributed by atoms with Gasteiger partial charge in [0, 0.05) is 16.5 Å². The van der Waals surface area contributed by atoms with Crippen LogP contribution in [0.1, 0.15) is 34.3 Å². The van der Waals surface area contributed by atoms with E-state index in [9.17, 15) is 4.79 Å². The van der Waals surface area contributed by atoms with Gasteiger partial charge < -0.3 is 4.42 Å². The zero-order valence-electron chi connectivity index (χ0n) is 11.2. The maximum atomic E-state index is 11.8. The quantitative estimate of drug-likeness (QED) is 0.650. The van der Waals surface area contributed by atoms with Crippen molar-refractivity contribution in [2.24, 2.45) is 5.10 Å². The second-order valence-corrected chi connectivity index (χ2v) is 5.14. The van der Waals surface area contributed by atoms with Crippen LogP contribution in [0.25, 0.3) is 6.08 Å². The summed E-state index contributed by atoms with van der Waals surface area (Å²) in [6.07, 6.45) is 8.67. The van der Waals surface area contributed by atoms with Gasteiger partial charge in [0.25, 0.3) is 5.91 Å². The van der Waals surface area contributed by atoms with Crippen LogP contribution in [0.4, 0.5) is 0 Å². The molecule has 104 valence electrons. The Labute approximate surface area is 121 Å². The van der Waals surface area contributed by atoms with Gasteiger partial charge in [-0.25, -0.2) is 5.43 Å². The van der Waals surface area contributed by atoms with E-state index in [1.54, 1.807) is 29.8 Å². The van der Waals surface area contributed by atoms with E-state index in [1.165, 1.54) is 11.1 Å². The van der Waals surface area contributed by atoms with E-state index in [1.807, 2.05) is 23.6 Å². The molecular weight excluding hydrogens is 272 g/mol. The summed E-state index contributed by atoms with van der Waals surface area (Å²) >= 11 is 1.61. The predicted molar refractivity (Wildman–Crippen MR) is 82.0 cm³/mol. The van der Waals surface area contributed by atoms with E-state index in [0.29, 0.717) is 5.56 Å². The van der Waals surface area contributed by atoms with Crippen LogP contribution in [-0.2, 0) is 6.42 Å². The largest absolute Gasteiger partial charge is 0.465 e. The molecule has 20 heavy (non-hydrogen) atoms. The molecule has 0 aliphatic rings. The van der Waals surface area contributed by atoms with E-state index < -0.39 is 0 Å². The third-order valence-corrected chi connectivity index (χ3v) is 3.54. The zero-order chi connectivity index (χ0) is 14.2. The molecule has 0 radical (unpaired) electrons. The summed E-state index contributed by atoms with van der Waals surface area (Å²) in [5, 5.41) is 5.71. The van der Waals surface area contributed by atoms with Crippen LogP contribution in [0.2, 0.25) is 0 Å². The van der Waals surface area contributed by atoms with Crippen LogP contribution in [0, 0.1) is 0 Å². The number of hydrogen-bond acceptors (Lipinski definition) is 4. The molecule has 0 aliphatic heterocycles. The number of carbonyl (C=O) groups is 1. The second kappa shape index (κ2) is 7.45. The van der Waals surface area contributed by atoms with Crippen LogP contribution in [0.15, 0.2) is 45.4 Å². The monoisotopic (exact) mass is 288 g/mol. The van der Waals surface area contributed by atoms with Crippen molar-refractivity contribution >= 4 is 29.5 Å². The van der Waals surface area contributed by atoms with Crippen molar-refractivity contribution in [3.05, 3.63) is 52.1 Å². The van der Waals surface area contributed by atoms with Gasteiger partial charge in [-0.2, -0.15) is 5.10 Å². The van der Waals surface area contributed by atoms with Gasteiger partial charge in [-0.1, -0.05) is 13.3 Å². The summed E-state index contributed by atoms with van der Waals surface area (Å²) < 4.78 is 5.12. The maximum Gasteiger partial charge on any atom is 0.272 e. The Kier molecular flexibility index (Phi) is 5.32. The minimum Gasteiger partial charge on any atom is -0.465 e. The lowest BCUT2D eigenvalue weighted by Gasteiger charge is -1.94. The first-order chi connectivity index (χ1) is 9.79. The highest BCUT2D eigenvalue weighted by atomic mass is 32.1. The lowest BCUT2D eigenvalue weighted by atomic mass is 10.2. The lowest BCUT2D eigenvalue weighted by Crippen LogP contribution is -2.16. The van der Waals surface area contributed by atoms with Crippen molar-refractivity contribution in [2.75, 3.05) is 0 Å². The third-order valence-electron chi connectivity index (χ3n) is 2.54. The molecule has 0 saturated carbocycles. The van der Waals surface area contributed by atoms with Crippen LogP contribution in [0.3, 0.4) is 0 Å². The summed E-state index contributed by atoms with van der Waals surface area (Å²) in [4.78, 5) is 13.0. The SMILES string of the molecule is CCCc1cc(C(=O)NN=CC=Cc2ccco2)cs1. The van der Waals surface area contributed by atoms with E-state index >= 15 is 0 Å². The average Bonchev–Trinajstić information content (AvgIpc) is 3.10. The summed E-state index contributed by atoms with van der Waals surface area (Å²) in [6.45, 7) is 2.12. The number of aryl methyl sites for hydroxylation is 1. The van der Waals surface area contributed by atoms with Gasteiger partial charge in [0.05, 0.1) is 11.8 Å². The van der Waals surface area contributed by atoms with Gasteiger partial charge in [0.1, 0.15) is 5.76 Å². The smallest absolute Gasteiger partial charge is 0.272 e. The Morgan fingerprint density at radius 1 is 1.55 bits per heavy atom. The summed E-state index contributed by atoms with van der Waals surface area (Å²) in [5.74, 6) is 0.552. The fourth-order valence-corrected chi connectivity index (χ4v) is 2.58. The van der Waals surface area contributed by atoms with Crippen molar-refractivity contribution in [1.82, 2.24) is 5.43 Å². The number of carbonyl (C=O) groups excluding carboxylic acids is 1. The first-order valence-corrected chi connectivity index (χ1v) is 7.28. The van der Waals surface area contributed by atoms with Gasteiger partial charge in [-0.3, -0.25) is 4.79 Å². The summed E-state index contributed by atoms with van der Waals surface area (Å²) in [7, 11) is 0. The molecule has 2 aromatic heterocycles. The Morgan fingerprint density at radius 3 is 3.20 bits per heavy atom. The van der Waals surface area contributed by atoms with Crippen molar-refractivity contribution in [3.63, 3.8) is 0 Å². The number of thiophene rings is 1. The molecule has 0 unspecified atom stereocenters. The molecule has 2 aromatic rings. The normalized spacial score (nSPS) is 11.4. The fraction of sp³-hybridized carbons (Fsp3) is 0.200. The van der Waals surface area contributed by atoms with Crippen molar-refractivity contribution in [3.8, 4) is 0 Å². The zero-order valence-corrected chi connectivity index (χ0v) is 12.0. The van der Waals surface area contributed by atoms with Gasteiger partial charge >= 0.3 is 0 Å². The Morgan fingerprint density at radius 2 is 2.45 bits per heavy atom. The number of amides is 1. The van der Waals surface area contributed by atoms with E-state index in [4.69, 9.17) is 4.42 Å². The van der Waals surface area contributed by atoms with Crippen molar-refractivity contribution in [2.45, 2.75) is 19.8 Å². The molecule has 0 bridgehead atoms. The number of hydrogen-bond donors (Lipinski definition) is 1. The number of rotatable bonds is 6. The first-order valence-electron chi connectivity index (χ1n) is 6.40. The number of hydrazone groups is 1. The summed E-state index contributed by atoms with van der Waals surface area (Å²) in [5.41, 5.74) is 3.15. The summed E-state index contributed by atoms with van der Waals surface area (Å²) in [6, 6.07) is 5.56. The Bertz CT molecular complexity index is 597. The van der Waals surface area contributed by atoms with Crippen molar-refractivity contribution in [1.29, 1.82) is 0 Å². The van der Waals surface area contributed by atoms with Gasteiger partial charge in [-0.15, -0.1) is 11.3 Å². The number of furan rings is 1. The third kappa shape index (κ3) is 4.20. The lowest BCUT2D eigenvalue weighted by molar-refractivity contribution is 0.0955. The van der Waals surface area contributed by atoms with E-state index in [0.717, 1.165) is 18.6 Å². The highest BCUT2D eigenvalue weighted by Crippen LogP contribution is 2.16. The molecule has 2 rings (SSSR count). The minimum absolute atomic E-state index is 0.189. The van der Waals surface area contributed by atoms with Crippen LogP contribution >= 0.6 is 11.3 Å². The van der Waals surface area contributed by atoms with Crippen LogP contribution < -0.4 is 5.43 Å². The second-order valence-electron chi connectivity index (χ2n) is 4.15. The van der Waals surface area contributed by atoms with E-state index in [-0.39, 0.29) is 5.91 Å². The Balaban J connectivity index is 1.82. The minimum atomic E-state index is -0.189. The molecule has 0 spiro atoms.